The maximum atomic E-state index is 14.7. The average molecular weight is 597 g/mol. The maximum absolute atomic E-state index is 14.7. The molecule has 1 amide bonds. The summed E-state index contributed by atoms with van der Waals surface area (Å²) in [6, 6.07) is 21.6. The van der Waals surface area contributed by atoms with Crippen LogP contribution in [0, 0.1) is 0 Å². The van der Waals surface area contributed by atoms with Gasteiger partial charge in [-0.3, -0.25) is 4.79 Å². The largest absolute Gasteiger partial charge is 0.494 e. The first kappa shape index (κ1) is 30.4. The van der Waals surface area contributed by atoms with E-state index < -0.39 is 11.6 Å². The fourth-order valence-corrected chi connectivity index (χ4v) is 5.42. The molecule has 3 aromatic rings. The molecule has 2 aliphatic heterocycles. The van der Waals surface area contributed by atoms with Gasteiger partial charge in [0.1, 0.15) is 5.75 Å². The smallest absolute Gasteiger partial charge is 0.255 e. The minimum Gasteiger partial charge on any atom is -0.494 e. The van der Waals surface area contributed by atoms with Crippen LogP contribution in [0.25, 0.3) is 20.9 Å². The number of benzene rings is 3. The van der Waals surface area contributed by atoms with Gasteiger partial charge in [-0.1, -0.05) is 58.8 Å². The summed E-state index contributed by atoms with van der Waals surface area (Å²) < 4.78 is 17.8. The van der Waals surface area contributed by atoms with Gasteiger partial charge in [-0.25, -0.2) is 4.99 Å². The van der Waals surface area contributed by atoms with E-state index in [-0.39, 0.29) is 31.4 Å². The monoisotopic (exact) mass is 596 g/mol. The summed E-state index contributed by atoms with van der Waals surface area (Å²) in [4.78, 5) is 27.5. The lowest BCUT2D eigenvalue weighted by molar-refractivity contribution is -0.143. The minimum atomic E-state index is -1.50. The maximum Gasteiger partial charge on any atom is 0.255 e. The number of azide groups is 2. The second-order valence-electron chi connectivity index (χ2n) is 10.3. The van der Waals surface area contributed by atoms with Crippen LogP contribution in [0.15, 0.2) is 88.0 Å². The molecule has 0 unspecified atom stereocenters. The highest BCUT2D eigenvalue weighted by Gasteiger charge is 2.55. The number of amides is 1. The summed E-state index contributed by atoms with van der Waals surface area (Å²) >= 11 is 0. The SMILES string of the molecule is [N-]=[N+]=NCc1ccccc1C[C@]1(C(=O)N2CCOCC2)N=C(c2ccc(OCCCO)cc2)O[C@H]1c1ccccc1N=[N+]=[N-]. The predicted octanol–water partition coefficient (Wildman–Crippen LogP) is 5.56. The van der Waals surface area contributed by atoms with Gasteiger partial charge in [0.25, 0.3) is 5.91 Å². The molecular weight excluding hydrogens is 564 g/mol. The Balaban J connectivity index is 1.66. The van der Waals surface area contributed by atoms with E-state index in [2.05, 4.69) is 20.1 Å². The fraction of sp³-hybridized carbons (Fsp3) is 0.355. The molecule has 5 rings (SSSR count). The van der Waals surface area contributed by atoms with Crippen LogP contribution in [0.5, 0.6) is 5.75 Å². The number of rotatable bonds is 12. The first-order valence-electron chi connectivity index (χ1n) is 14.3. The highest BCUT2D eigenvalue weighted by molar-refractivity contribution is 6.01. The van der Waals surface area contributed by atoms with E-state index in [0.29, 0.717) is 61.9 Å². The molecule has 2 aliphatic rings. The van der Waals surface area contributed by atoms with Gasteiger partial charge in [-0.05, 0) is 46.5 Å². The lowest BCUT2D eigenvalue weighted by atomic mass is 9.80. The molecule has 3 aromatic carbocycles. The number of ether oxygens (including phenoxy) is 3. The molecule has 1 fully saturated rings. The Labute approximate surface area is 253 Å². The normalized spacial score (nSPS) is 19.2. The van der Waals surface area contributed by atoms with Crippen molar-refractivity contribution in [2.75, 3.05) is 39.5 Å². The summed E-state index contributed by atoms with van der Waals surface area (Å²) in [5, 5.41) is 16.7. The van der Waals surface area contributed by atoms with Crippen molar-refractivity contribution in [1.29, 1.82) is 0 Å². The Morgan fingerprint density at radius 2 is 1.75 bits per heavy atom. The van der Waals surface area contributed by atoms with Gasteiger partial charge < -0.3 is 24.2 Å². The molecule has 1 N–H and O–H groups in total. The van der Waals surface area contributed by atoms with Gasteiger partial charge in [0.05, 0.1) is 26.4 Å². The first-order valence-corrected chi connectivity index (χ1v) is 14.3. The molecule has 0 aliphatic carbocycles. The molecule has 13 heteroatoms. The zero-order valence-electron chi connectivity index (χ0n) is 24.0. The van der Waals surface area contributed by atoms with Gasteiger partial charge >= 0.3 is 0 Å². The van der Waals surface area contributed by atoms with Crippen molar-refractivity contribution in [2.24, 2.45) is 15.2 Å². The van der Waals surface area contributed by atoms with E-state index in [0.717, 1.165) is 11.1 Å². The van der Waals surface area contributed by atoms with Crippen LogP contribution in [0.2, 0.25) is 0 Å². The summed E-state index contributed by atoms with van der Waals surface area (Å²) in [6.07, 6.45) is -0.318. The van der Waals surface area contributed by atoms with Gasteiger partial charge in [0.2, 0.25) is 5.90 Å². The number of aliphatic imine (C=N–C) groups is 1. The molecule has 13 nitrogen and oxygen atoms in total. The van der Waals surface area contributed by atoms with E-state index in [4.69, 9.17) is 29.8 Å². The van der Waals surface area contributed by atoms with Gasteiger partial charge in [0, 0.05) is 59.2 Å². The Hall–Kier alpha value is -5.06. The van der Waals surface area contributed by atoms with E-state index >= 15 is 0 Å². The Bertz CT molecular complexity index is 1590. The van der Waals surface area contributed by atoms with Crippen LogP contribution in [-0.2, 0) is 27.2 Å². The summed E-state index contributed by atoms with van der Waals surface area (Å²) in [5.41, 5.74) is 19.9. The van der Waals surface area contributed by atoms with Crippen molar-refractivity contribution in [3.63, 3.8) is 0 Å². The van der Waals surface area contributed by atoms with Crippen molar-refractivity contribution < 1.29 is 24.1 Å². The highest BCUT2D eigenvalue weighted by Crippen LogP contribution is 2.46. The minimum absolute atomic E-state index is 0.0344. The van der Waals surface area contributed by atoms with Gasteiger partial charge in [0.15, 0.2) is 11.6 Å². The number of carbonyl (C=O) groups excluding carboxylic acids is 1. The van der Waals surface area contributed by atoms with Gasteiger partial charge in [-0.15, -0.1) is 0 Å². The third-order valence-corrected chi connectivity index (χ3v) is 7.56. The van der Waals surface area contributed by atoms with Gasteiger partial charge in [-0.2, -0.15) is 0 Å². The number of hydrogen-bond acceptors (Lipinski definition) is 8. The number of morpholine rings is 1. The van der Waals surface area contributed by atoms with Crippen LogP contribution in [0.3, 0.4) is 0 Å². The average Bonchev–Trinajstić information content (AvgIpc) is 3.45. The summed E-state index contributed by atoms with van der Waals surface area (Å²) in [6.45, 7) is 2.07. The number of nitrogens with zero attached hydrogens (tertiary/aromatic N) is 8. The molecule has 0 aromatic heterocycles. The molecule has 0 radical (unpaired) electrons. The number of aliphatic hydroxyl groups excluding tert-OH is 1. The van der Waals surface area contributed by atoms with E-state index in [1.807, 2.05) is 24.3 Å². The van der Waals surface area contributed by atoms with E-state index in [1.54, 1.807) is 53.4 Å². The zero-order valence-corrected chi connectivity index (χ0v) is 24.0. The van der Waals surface area contributed by atoms with Crippen molar-refractivity contribution >= 4 is 17.5 Å². The first-order chi connectivity index (χ1) is 21.6. The Kier molecular flexibility index (Phi) is 9.96. The van der Waals surface area contributed by atoms with Crippen molar-refractivity contribution in [3.05, 3.63) is 116 Å². The molecular formula is C31H32N8O5. The number of carbonyl (C=O) groups is 1. The lowest BCUT2D eigenvalue weighted by Crippen LogP contribution is -2.54. The molecule has 1 saturated heterocycles. The molecule has 226 valence electrons. The third-order valence-electron chi connectivity index (χ3n) is 7.56. The molecule has 0 spiro atoms. The predicted molar refractivity (Wildman–Crippen MR) is 162 cm³/mol. The van der Waals surface area contributed by atoms with Crippen molar-refractivity contribution in [2.45, 2.75) is 31.0 Å². The number of hydrogen-bond donors (Lipinski definition) is 1. The highest BCUT2D eigenvalue weighted by atomic mass is 16.5. The quantitative estimate of drug-likeness (QED) is 0.124. The summed E-state index contributed by atoms with van der Waals surface area (Å²) in [7, 11) is 0. The second kappa shape index (κ2) is 14.4. The van der Waals surface area contributed by atoms with Crippen LogP contribution in [0.1, 0.15) is 34.8 Å². The Morgan fingerprint density at radius 3 is 2.48 bits per heavy atom. The number of aliphatic hydroxyl groups is 1. The summed E-state index contributed by atoms with van der Waals surface area (Å²) in [5.74, 6) is 0.620. The molecule has 2 heterocycles. The van der Waals surface area contributed by atoms with E-state index in [9.17, 15) is 10.3 Å². The van der Waals surface area contributed by atoms with Crippen LogP contribution in [-0.4, -0.2) is 66.9 Å². The molecule has 2 atom stereocenters. The Morgan fingerprint density at radius 1 is 1.02 bits per heavy atom. The standard InChI is InChI=1S/C31H32N8O5/c32-37-34-21-24-7-2-1-6-23(24)20-31(30(41)39-14-18-42-19-15-39)28(26-8-3-4-9-27(26)36-38-33)44-29(35-31)22-10-12-25(13-11-22)43-17-5-16-40/h1-4,6-13,28,40H,5,14-21H2/t28-,31-/m0/s1. The molecule has 0 saturated carbocycles. The second-order valence-corrected chi connectivity index (χ2v) is 10.3. The van der Waals surface area contributed by atoms with Crippen LogP contribution in [0.4, 0.5) is 5.69 Å². The van der Waals surface area contributed by atoms with E-state index in [1.165, 1.54) is 0 Å². The lowest BCUT2D eigenvalue weighted by Gasteiger charge is -2.37. The third kappa shape index (κ3) is 6.61. The van der Waals surface area contributed by atoms with Crippen LogP contribution >= 0.6 is 0 Å². The zero-order chi connectivity index (χ0) is 30.8. The van der Waals surface area contributed by atoms with Crippen LogP contribution < -0.4 is 4.74 Å². The van der Waals surface area contributed by atoms with Crippen molar-refractivity contribution in [1.82, 2.24) is 4.90 Å². The fourth-order valence-electron chi connectivity index (χ4n) is 5.42. The van der Waals surface area contributed by atoms with Crippen molar-refractivity contribution in [3.8, 4) is 5.75 Å². The molecule has 44 heavy (non-hydrogen) atoms. The topological polar surface area (TPSA) is 178 Å². The molecule has 0 bridgehead atoms.